The summed E-state index contributed by atoms with van der Waals surface area (Å²) in [5.74, 6) is 2.19. The molecule has 1 heterocycles. The molecular formula is C7H15N5S2. The Bertz CT molecular complexity index is 252. The lowest BCUT2D eigenvalue weighted by Gasteiger charge is -2.02. The third-order valence-electron chi connectivity index (χ3n) is 1.59. The molecule has 0 aliphatic carbocycles. The van der Waals surface area contributed by atoms with E-state index < -0.39 is 0 Å². The maximum Gasteiger partial charge on any atom is 0.209 e. The van der Waals surface area contributed by atoms with Crippen molar-refractivity contribution in [1.82, 2.24) is 25.5 Å². The minimum absolute atomic E-state index is 0.825. The highest BCUT2D eigenvalue weighted by Gasteiger charge is 2.04. The molecule has 0 atom stereocenters. The van der Waals surface area contributed by atoms with Crippen LogP contribution in [0, 0.1) is 0 Å². The maximum atomic E-state index is 3.97. The van der Waals surface area contributed by atoms with Crippen molar-refractivity contribution < 1.29 is 0 Å². The van der Waals surface area contributed by atoms with Gasteiger partial charge in [0.1, 0.15) is 0 Å². The minimum atomic E-state index is 0.825. The van der Waals surface area contributed by atoms with E-state index in [1.807, 2.05) is 23.5 Å². The third kappa shape index (κ3) is 3.85. The van der Waals surface area contributed by atoms with E-state index in [4.69, 9.17) is 0 Å². The fourth-order valence-electron chi connectivity index (χ4n) is 0.874. The van der Waals surface area contributed by atoms with E-state index in [1.54, 1.807) is 11.8 Å². The number of tetrazole rings is 1. The van der Waals surface area contributed by atoms with Crippen LogP contribution in [-0.2, 0) is 6.54 Å². The van der Waals surface area contributed by atoms with E-state index in [9.17, 15) is 0 Å². The summed E-state index contributed by atoms with van der Waals surface area (Å²) in [4.78, 5) is 0. The first kappa shape index (κ1) is 11.8. The second kappa shape index (κ2) is 7.08. The zero-order valence-electron chi connectivity index (χ0n) is 8.43. The van der Waals surface area contributed by atoms with Crippen molar-refractivity contribution in [3.8, 4) is 0 Å². The van der Waals surface area contributed by atoms with Crippen LogP contribution in [0.25, 0.3) is 0 Å². The van der Waals surface area contributed by atoms with Gasteiger partial charge in [-0.1, -0.05) is 11.8 Å². The Hall–Kier alpha value is -0.270. The van der Waals surface area contributed by atoms with Gasteiger partial charge in [0, 0.05) is 18.1 Å². The molecule has 0 saturated carbocycles. The number of aromatic nitrogens is 4. The van der Waals surface area contributed by atoms with Crippen molar-refractivity contribution in [2.45, 2.75) is 11.7 Å². The molecule has 0 unspecified atom stereocenters. The van der Waals surface area contributed by atoms with E-state index in [0.29, 0.717) is 0 Å². The quantitative estimate of drug-likeness (QED) is 0.542. The number of rotatable bonds is 7. The van der Waals surface area contributed by atoms with Gasteiger partial charge >= 0.3 is 0 Å². The molecule has 14 heavy (non-hydrogen) atoms. The van der Waals surface area contributed by atoms with E-state index in [0.717, 1.165) is 29.8 Å². The van der Waals surface area contributed by atoms with Crippen molar-refractivity contribution in [3.05, 3.63) is 0 Å². The average molecular weight is 233 g/mol. The number of thioether (sulfide) groups is 2. The Morgan fingerprint density at radius 2 is 2.29 bits per heavy atom. The zero-order chi connectivity index (χ0) is 10.2. The van der Waals surface area contributed by atoms with Crippen LogP contribution >= 0.6 is 23.5 Å². The molecule has 1 aromatic rings. The van der Waals surface area contributed by atoms with Gasteiger partial charge in [0.05, 0.1) is 6.54 Å². The van der Waals surface area contributed by atoms with Crippen LogP contribution < -0.4 is 5.32 Å². The van der Waals surface area contributed by atoms with Crippen LogP contribution in [0.1, 0.15) is 0 Å². The zero-order valence-corrected chi connectivity index (χ0v) is 10.1. The van der Waals surface area contributed by atoms with Gasteiger partial charge in [-0.25, -0.2) is 4.68 Å². The van der Waals surface area contributed by atoms with E-state index in [-0.39, 0.29) is 0 Å². The SMILES string of the molecule is CNCCn1nnnc1SCCSC. The molecule has 0 bridgehead atoms. The molecule has 1 N–H and O–H groups in total. The lowest BCUT2D eigenvalue weighted by molar-refractivity contribution is 0.530. The first-order valence-corrected chi connectivity index (χ1v) is 6.79. The summed E-state index contributed by atoms with van der Waals surface area (Å²) in [7, 11) is 1.92. The fraction of sp³-hybridized carbons (Fsp3) is 0.857. The van der Waals surface area contributed by atoms with Gasteiger partial charge in [-0.05, 0) is 23.7 Å². The molecule has 0 amide bonds. The van der Waals surface area contributed by atoms with Gasteiger partial charge in [0.25, 0.3) is 0 Å². The van der Waals surface area contributed by atoms with Gasteiger partial charge in [-0.3, -0.25) is 0 Å². The second-order valence-corrected chi connectivity index (χ2v) is 4.68. The van der Waals surface area contributed by atoms with Crippen molar-refractivity contribution >= 4 is 23.5 Å². The molecule has 0 aliphatic rings. The molecular weight excluding hydrogens is 218 g/mol. The summed E-state index contributed by atoms with van der Waals surface area (Å²) < 4.78 is 1.83. The van der Waals surface area contributed by atoms with E-state index in [2.05, 4.69) is 27.1 Å². The lowest BCUT2D eigenvalue weighted by atomic mass is 10.6. The predicted molar refractivity (Wildman–Crippen MR) is 60.8 cm³/mol. The van der Waals surface area contributed by atoms with Gasteiger partial charge in [0.2, 0.25) is 5.16 Å². The maximum absolute atomic E-state index is 3.97. The molecule has 80 valence electrons. The molecule has 0 spiro atoms. The fourth-order valence-corrected chi connectivity index (χ4v) is 2.43. The summed E-state index contributed by atoms with van der Waals surface area (Å²) >= 11 is 3.54. The van der Waals surface area contributed by atoms with Gasteiger partial charge in [-0.15, -0.1) is 5.10 Å². The van der Waals surface area contributed by atoms with Gasteiger partial charge in [-0.2, -0.15) is 11.8 Å². The van der Waals surface area contributed by atoms with Gasteiger partial charge in [0.15, 0.2) is 0 Å². The van der Waals surface area contributed by atoms with Crippen molar-refractivity contribution in [2.75, 3.05) is 31.4 Å². The average Bonchev–Trinajstić information content (AvgIpc) is 2.63. The molecule has 5 nitrogen and oxygen atoms in total. The Kier molecular flexibility index (Phi) is 5.97. The predicted octanol–water partition coefficient (Wildman–Crippen LogP) is 0.348. The summed E-state index contributed by atoms with van der Waals surface area (Å²) in [6, 6.07) is 0. The number of likely N-dealkylation sites (N-methyl/N-ethyl adjacent to an activating group) is 1. The molecule has 7 heteroatoms. The minimum Gasteiger partial charge on any atom is -0.318 e. The normalized spacial score (nSPS) is 10.7. The first-order valence-electron chi connectivity index (χ1n) is 4.41. The molecule has 0 fully saturated rings. The summed E-state index contributed by atoms with van der Waals surface area (Å²) in [5.41, 5.74) is 0. The van der Waals surface area contributed by atoms with E-state index >= 15 is 0 Å². The third-order valence-corrected chi connectivity index (χ3v) is 3.42. The van der Waals surface area contributed by atoms with Crippen LogP contribution in [0.15, 0.2) is 5.16 Å². The smallest absolute Gasteiger partial charge is 0.209 e. The highest BCUT2D eigenvalue weighted by Crippen LogP contribution is 2.14. The molecule has 1 aromatic heterocycles. The Balaban J connectivity index is 2.37. The van der Waals surface area contributed by atoms with Crippen LogP contribution in [-0.4, -0.2) is 51.6 Å². The van der Waals surface area contributed by atoms with E-state index in [1.165, 1.54) is 0 Å². The van der Waals surface area contributed by atoms with Crippen LogP contribution in [0.2, 0.25) is 0 Å². The number of nitrogens with one attached hydrogen (secondary N) is 1. The summed E-state index contributed by atoms with van der Waals surface area (Å²) in [6.45, 7) is 1.71. The molecule has 0 radical (unpaired) electrons. The highest BCUT2D eigenvalue weighted by atomic mass is 32.2. The largest absolute Gasteiger partial charge is 0.318 e. The second-order valence-electron chi connectivity index (χ2n) is 2.63. The van der Waals surface area contributed by atoms with Crippen molar-refractivity contribution in [2.24, 2.45) is 0 Å². The molecule has 0 saturated heterocycles. The molecule has 0 aliphatic heterocycles. The van der Waals surface area contributed by atoms with Crippen molar-refractivity contribution in [3.63, 3.8) is 0 Å². The van der Waals surface area contributed by atoms with Crippen LogP contribution in [0.3, 0.4) is 0 Å². The monoisotopic (exact) mass is 233 g/mol. The Labute approximate surface area is 92.4 Å². The van der Waals surface area contributed by atoms with Crippen LogP contribution in [0.5, 0.6) is 0 Å². The number of hydrogen-bond donors (Lipinski definition) is 1. The van der Waals surface area contributed by atoms with Gasteiger partial charge < -0.3 is 5.32 Å². The standard InChI is InChI=1S/C7H15N5S2/c1-8-3-4-12-7(9-10-11-12)14-6-5-13-2/h8H,3-6H2,1-2H3. The summed E-state index contributed by atoms with van der Waals surface area (Å²) in [6.07, 6.45) is 2.10. The topological polar surface area (TPSA) is 55.6 Å². The Morgan fingerprint density at radius 3 is 3.00 bits per heavy atom. The molecule has 1 rings (SSSR count). The van der Waals surface area contributed by atoms with Crippen molar-refractivity contribution in [1.29, 1.82) is 0 Å². The summed E-state index contributed by atoms with van der Waals surface area (Å²) in [5, 5.41) is 15.5. The highest BCUT2D eigenvalue weighted by molar-refractivity contribution is 8.02. The molecule has 0 aromatic carbocycles. The first-order chi connectivity index (χ1) is 6.88. The van der Waals surface area contributed by atoms with Crippen LogP contribution in [0.4, 0.5) is 0 Å². The lowest BCUT2D eigenvalue weighted by Crippen LogP contribution is -2.16. The number of hydrogen-bond acceptors (Lipinski definition) is 6. The number of nitrogens with zero attached hydrogens (tertiary/aromatic N) is 4. The Morgan fingerprint density at radius 1 is 1.43 bits per heavy atom.